The largest absolute Gasteiger partial charge is 0.328 e. The minimum Gasteiger partial charge on any atom is -0.328 e. The normalized spacial score (nSPS) is 12.7. The van der Waals surface area contributed by atoms with Crippen molar-refractivity contribution in [2.24, 2.45) is 5.73 Å². The molecule has 3 nitrogen and oxygen atoms in total. The van der Waals surface area contributed by atoms with Crippen molar-refractivity contribution in [3.05, 3.63) is 46.7 Å². The Morgan fingerprint density at radius 2 is 2.24 bits per heavy atom. The first kappa shape index (κ1) is 12.1. The van der Waals surface area contributed by atoms with E-state index in [4.69, 9.17) is 17.3 Å². The first-order valence-electron chi connectivity index (χ1n) is 5.62. The number of aryl methyl sites for hydroxylation is 1. The Hall–Kier alpha value is -1.32. The maximum absolute atomic E-state index is 6.23. The molecule has 0 aliphatic rings. The van der Waals surface area contributed by atoms with E-state index < -0.39 is 0 Å². The van der Waals surface area contributed by atoms with E-state index in [0.717, 1.165) is 28.3 Å². The summed E-state index contributed by atoms with van der Waals surface area (Å²) in [6.45, 7) is 3.98. The molecule has 0 radical (unpaired) electrons. The number of rotatable bonds is 3. The van der Waals surface area contributed by atoms with Gasteiger partial charge >= 0.3 is 0 Å². The Bertz CT molecular complexity index is 517. The number of aromatic nitrogens is 2. The summed E-state index contributed by atoms with van der Waals surface area (Å²) in [5, 5.41) is 4.99. The van der Waals surface area contributed by atoms with Crippen LogP contribution in [0, 0.1) is 6.92 Å². The smallest absolute Gasteiger partial charge is 0.0660 e. The van der Waals surface area contributed by atoms with E-state index in [1.807, 2.05) is 49.1 Å². The van der Waals surface area contributed by atoms with Gasteiger partial charge in [-0.3, -0.25) is 0 Å². The molecule has 1 heterocycles. The summed E-state index contributed by atoms with van der Waals surface area (Å²) in [6.07, 6.45) is 4.58. The van der Waals surface area contributed by atoms with Crippen molar-refractivity contribution in [1.29, 1.82) is 0 Å². The molecule has 1 aromatic heterocycles. The third kappa shape index (κ3) is 2.87. The van der Waals surface area contributed by atoms with Gasteiger partial charge in [-0.2, -0.15) is 5.10 Å². The second kappa shape index (κ2) is 4.90. The zero-order valence-corrected chi connectivity index (χ0v) is 10.8. The lowest BCUT2D eigenvalue weighted by atomic mass is 10.1. The molecule has 90 valence electrons. The van der Waals surface area contributed by atoms with Crippen LogP contribution in [0.4, 0.5) is 0 Å². The average molecular weight is 250 g/mol. The SMILES string of the molecule is Cc1cnn(-c2ccc(CC(C)N)c(Cl)c2)c1. The lowest BCUT2D eigenvalue weighted by molar-refractivity contribution is 0.737. The van der Waals surface area contributed by atoms with E-state index in [2.05, 4.69) is 5.10 Å². The van der Waals surface area contributed by atoms with Crippen molar-refractivity contribution in [2.45, 2.75) is 26.3 Å². The molecule has 2 rings (SSSR count). The second-order valence-electron chi connectivity index (χ2n) is 4.42. The van der Waals surface area contributed by atoms with Gasteiger partial charge in [-0.05, 0) is 43.5 Å². The predicted molar refractivity (Wildman–Crippen MR) is 70.7 cm³/mol. The van der Waals surface area contributed by atoms with Gasteiger partial charge in [-0.1, -0.05) is 17.7 Å². The van der Waals surface area contributed by atoms with Crippen LogP contribution in [0.3, 0.4) is 0 Å². The molecule has 0 bridgehead atoms. The van der Waals surface area contributed by atoms with Crippen molar-refractivity contribution >= 4 is 11.6 Å². The topological polar surface area (TPSA) is 43.8 Å². The Labute approximate surface area is 106 Å². The molecule has 0 amide bonds. The number of hydrogen-bond donors (Lipinski definition) is 1. The Morgan fingerprint density at radius 3 is 2.76 bits per heavy atom. The van der Waals surface area contributed by atoms with E-state index in [1.165, 1.54) is 0 Å². The Balaban J connectivity index is 2.30. The van der Waals surface area contributed by atoms with E-state index in [-0.39, 0.29) is 6.04 Å². The summed E-state index contributed by atoms with van der Waals surface area (Å²) in [5.41, 5.74) is 8.94. The van der Waals surface area contributed by atoms with Crippen LogP contribution in [0.2, 0.25) is 5.02 Å². The van der Waals surface area contributed by atoms with Crippen LogP contribution in [-0.4, -0.2) is 15.8 Å². The standard InChI is InChI=1S/C13H16ClN3/c1-9-7-16-17(8-9)12-4-3-11(5-10(2)15)13(14)6-12/h3-4,6-8,10H,5,15H2,1-2H3. The van der Waals surface area contributed by atoms with Gasteiger partial charge in [-0.15, -0.1) is 0 Å². The maximum Gasteiger partial charge on any atom is 0.0660 e. The highest BCUT2D eigenvalue weighted by Gasteiger charge is 2.06. The van der Waals surface area contributed by atoms with Gasteiger partial charge in [0, 0.05) is 17.3 Å². The van der Waals surface area contributed by atoms with E-state index in [1.54, 1.807) is 0 Å². The molecule has 2 aromatic rings. The van der Waals surface area contributed by atoms with Crippen LogP contribution in [-0.2, 0) is 6.42 Å². The van der Waals surface area contributed by atoms with Crippen LogP contribution in [0.5, 0.6) is 0 Å². The molecule has 0 aliphatic heterocycles. The Morgan fingerprint density at radius 1 is 1.47 bits per heavy atom. The second-order valence-corrected chi connectivity index (χ2v) is 4.83. The predicted octanol–water partition coefficient (Wildman–Crippen LogP) is 2.72. The van der Waals surface area contributed by atoms with Gasteiger partial charge in [0.2, 0.25) is 0 Å². The summed E-state index contributed by atoms with van der Waals surface area (Å²) in [6, 6.07) is 6.06. The minimum absolute atomic E-state index is 0.116. The molecule has 0 saturated heterocycles. The van der Waals surface area contributed by atoms with Crippen LogP contribution < -0.4 is 5.73 Å². The summed E-state index contributed by atoms with van der Waals surface area (Å²) in [7, 11) is 0. The molecular weight excluding hydrogens is 234 g/mol. The quantitative estimate of drug-likeness (QED) is 0.909. The third-order valence-electron chi connectivity index (χ3n) is 2.55. The van der Waals surface area contributed by atoms with Gasteiger partial charge < -0.3 is 5.73 Å². The van der Waals surface area contributed by atoms with Crippen LogP contribution in [0.25, 0.3) is 5.69 Å². The van der Waals surface area contributed by atoms with Crippen molar-refractivity contribution < 1.29 is 0 Å². The molecular formula is C13H16ClN3. The number of halogens is 1. The fourth-order valence-electron chi connectivity index (χ4n) is 1.75. The Kier molecular flexibility index (Phi) is 3.50. The van der Waals surface area contributed by atoms with Gasteiger partial charge in [0.05, 0.1) is 11.9 Å². The molecule has 0 aliphatic carbocycles. The molecule has 1 atom stereocenters. The molecule has 0 saturated carbocycles. The summed E-state index contributed by atoms with van der Waals surface area (Å²) in [5.74, 6) is 0. The molecule has 1 unspecified atom stereocenters. The van der Waals surface area contributed by atoms with Crippen LogP contribution in [0.15, 0.2) is 30.6 Å². The number of nitrogens with two attached hydrogens (primary N) is 1. The fourth-order valence-corrected chi connectivity index (χ4v) is 2.00. The van der Waals surface area contributed by atoms with E-state index in [0.29, 0.717) is 0 Å². The lowest BCUT2D eigenvalue weighted by Crippen LogP contribution is -2.18. The first-order chi connectivity index (χ1) is 8.06. The lowest BCUT2D eigenvalue weighted by Gasteiger charge is -2.09. The van der Waals surface area contributed by atoms with Crippen molar-refractivity contribution in [3.8, 4) is 5.69 Å². The summed E-state index contributed by atoms with van der Waals surface area (Å²) < 4.78 is 1.82. The summed E-state index contributed by atoms with van der Waals surface area (Å²) >= 11 is 6.23. The third-order valence-corrected chi connectivity index (χ3v) is 2.91. The summed E-state index contributed by atoms with van der Waals surface area (Å²) in [4.78, 5) is 0. The van der Waals surface area contributed by atoms with Crippen molar-refractivity contribution in [3.63, 3.8) is 0 Å². The molecule has 17 heavy (non-hydrogen) atoms. The highest BCUT2D eigenvalue weighted by molar-refractivity contribution is 6.31. The molecule has 0 spiro atoms. The minimum atomic E-state index is 0.116. The highest BCUT2D eigenvalue weighted by atomic mass is 35.5. The maximum atomic E-state index is 6.23. The van der Waals surface area contributed by atoms with Crippen LogP contribution in [0.1, 0.15) is 18.1 Å². The molecule has 4 heteroatoms. The molecule has 0 fully saturated rings. The molecule has 1 aromatic carbocycles. The average Bonchev–Trinajstić information content (AvgIpc) is 2.67. The first-order valence-corrected chi connectivity index (χ1v) is 5.99. The van der Waals surface area contributed by atoms with Gasteiger partial charge in [0.25, 0.3) is 0 Å². The van der Waals surface area contributed by atoms with Gasteiger partial charge in [0.1, 0.15) is 0 Å². The highest BCUT2D eigenvalue weighted by Crippen LogP contribution is 2.21. The zero-order chi connectivity index (χ0) is 12.4. The van der Waals surface area contributed by atoms with Crippen LogP contribution >= 0.6 is 11.6 Å². The fraction of sp³-hybridized carbons (Fsp3) is 0.308. The monoisotopic (exact) mass is 249 g/mol. The number of benzene rings is 1. The zero-order valence-electron chi connectivity index (χ0n) is 10.0. The number of hydrogen-bond acceptors (Lipinski definition) is 2. The van der Waals surface area contributed by atoms with Gasteiger partial charge in [0.15, 0.2) is 0 Å². The van der Waals surface area contributed by atoms with E-state index >= 15 is 0 Å². The molecule has 2 N–H and O–H groups in total. The number of nitrogens with zero attached hydrogens (tertiary/aromatic N) is 2. The van der Waals surface area contributed by atoms with Crippen molar-refractivity contribution in [2.75, 3.05) is 0 Å². The van der Waals surface area contributed by atoms with Crippen molar-refractivity contribution in [1.82, 2.24) is 9.78 Å². The van der Waals surface area contributed by atoms with E-state index in [9.17, 15) is 0 Å². The van der Waals surface area contributed by atoms with Gasteiger partial charge in [-0.25, -0.2) is 4.68 Å².